The lowest BCUT2D eigenvalue weighted by Gasteiger charge is -2.29. The summed E-state index contributed by atoms with van der Waals surface area (Å²) < 4.78 is 0. The van der Waals surface area contributed by atoms with Gasteiger partial charge in [-0.2, -0.15) is 0 Å². The van der Waals surface area contributed by atoms with Crippen LogP contribution in [-0.2, 0) is 11.2 Å². The van der Waals surface area contributed by atoms with Crippen molar-refractivity contribution in [2.75, 3.05) is 0 Å². The number of carboxylic acids is 1. The summed E-state index contributed by atoms with van der Waals surface area (Å²) in [6.45, 7) is 0. The molecular formula is C26H29ClN4O3. The standard InChI is InChI=1S/C14H17NO3.C12H12ClN3/c16-13(10-6-2-1-3-7-10)15-12-9-5-4-8-11(12)14(17)18;13-9-4-6-16-12(7-9)11(14)8-10-3-1-2-5-15-10/h1-3,6-7,11-12H,4-5,8-9H2,(H,15,16)(H,17,18);1-7,11H,8,14H2/t11-,12+;/m0./s1. The van der Waals surface area contributed by atoms with Crippen LogP contribution in [0.4, 0.5) is 0 Å². The molecule has 8 heteroatoms. The van der Waals surface area contributed by atoms with Crippen molar-refractivity contribution in [1.29, 1.82) is 0 Å². The summed E-state index contributed by atoms with van der Waals surface area (Å²) in [5.74, 6) is -1.45. The Labute approximate surface area is 204 Å². The Bertz CT molecular complexity index is 1070. The number of hydrogen-bond acceptors (Lipinski definition) is 5. The molecule has 0 saturated heterocycles. The number of halogens is 1. The first kappa shape index (κ1) is 25.3. The lowest BCUT2D eigenvalue weighted by molar-refractivity contribution is -0.143. The summed E-state index contributed by atoms with van der Waals surface area (Å²) in [6.07, 6.45) is 7.38. The van der Waals surface area contributed by atoms with E-state index in [9.17, 15) is 9.59 Å². The second kappa shape index (κ2) is 12.8. The van der Waals surface area contributed by atoms with E-state index >= 15 is 0 Å². The van der Waals surface area contributed by atoms with Gasteiger partial charge in [-0.05, 0) is 49.2 Å². The van der Waals surface area contributed by atoms with E-state index in [-0.39, 0.29) is 18.0 Å². The van der Waals surface area contributed by atoms with Gasteiger partial charge in [-0.3, -0.25) is 19.6 Å². The van der Waals surface area contributed by atoms with Gasteiger partial charge in [0.05, 0.1) is 17.7 Å². The van der Waals surface area contributed by atoms with Crippen LogP contribution in [0.15, 0.2) is 73.1 Å². The first-order chi connectivity index (χ1) is 16.4. The first-order valence-corrected chi connectivity index (χ1v) is 11.7. The van der Waals surface area contributed by atoms with Crippen LogP contribution in [0.5, 0.6) is 0 Å². The Morgan fingerprint density at radius 2 is 1.76 bits per heavy atom. The van der Waals surface area contributed by atoms with Crippen molar-refractivity contribution in [3.8, 4) is 0 Å². The molecule has 2 heterocycles. The monoisotopic (exact) mass is 480 g/mol. The minimum atomic E-state index is -0.812. The second-order valence-electron chi connectivity index (χ2n) is 8.21. The molecule has 1 amide bonds. The molecule has 0 aliphatic heterocycles. The molecule has 4 N–H and O–H groups in total. The summed E-state index contributed by atoms with van der Waals surface area (Å²) in [5.41, 5.74) is 8.36. The summed E-state index contributed by atoms with van der Waals surface area (Å²) >= 11 is 5.88. The van der Waals surface area contributed by atoms with Gasteiger partial charge in [0, 0.05) is 41.1 Å². The van der Waals surface area contributed by atoms with Crippen molar-refractivity contribution < 1.29 is 14.7 Å². The normalized spacial score (nSPS) is 18.2. The maximum Gasteiger partial charge on any atom is 0.308 e. The number of hydrogen-bond donors (Lipinski definition) is 3. The molecule has 3 aromatic rings. The van der Waals surface area contributed by atoms with Crippen LogP contribution in [0.3, 0.4) is 0 Å². The Balaban J connectivity index is 0.000000192. The molecule has 1 unspecified atom stereocenters. The fourth-order valence-electron chi connectivity index (χ4n) is 3.91. The van der Waals surface area contributed by atoms with Gasteiger partial charge >= 0.3 is 5.97 Å². The number of rotatable bonds is 6. The topological polar surface area (TPSA) is 118 Å². The van der Waals surface area contributed by atoms with E-state index in [0.717, 1.165) is 30.7 Å². The van der Waals surface area contributed by atoms with Crippen LogP contribution in [0.1, 0.15) is 53.5 Å². The van der Waals surface area contributed by atoms with Crippen molar-refractivity contribution in [3.63, 3.8) is 0 Å². The number of carbonyl (C=O) groups is 2. The average molecular weight is 481 g/mol. The number of nitrogens with zero attached hydrogens (tertiary/aromatic N) is 2. The SMILES string of the molecule is NC(Cc1ccccn1)c1cc(Cl)ccn1.O=C(N[C@@H]1CCCC[C@@H]1C(=O)O)c1ccccc1. The van der Waals surface area contributed by atoms with Crippen LogP contribution < -0.4 is 11.1 Å². The second-order valence-corrected chi connectivity index (χ2v) is 8.64. The first-order valence-electron chi connectivity index (χ1n) is 11.3. The van der Waals surface area contributed by atoms with Gasteiger partial charge < -0.3 is 16.2 Å². The van der Waals surface area contributed by atoms with Gasteiger partial charge in [0.25, 0.3) is 5.91 Å². The smallest absolute Gasteiger partial charge is 0.308 e. The third kappa shape index (κ3) is 7.64. The average Bonchev–Trinajstić information content (AvgIpc) is 2.86. The van der Waals surface area contributed by atoms with Crippen LogP contribution in [0, 0.1) is 5.92 Å². The number of benzene rings is 1. The van der Waals surface area contributed by atoms with Crippen molar-refractivity contribution in [1.82, 2.24) is 15.3 Å². The minimum absolute atomic E-state index is 0.173. The van der Waals surface area contributed by atoms with Crippen molar-refractivity contribution in [3.05, 3.63) is 95.0 Å². The predicted molar refractivity (Wildman–Crippen MR) is 131 cm³/mol. The predicted octanol–water partition coefficient (Wildman–Crippen LogP) is 4.43. The number of aliphatic carboxylic acids is 1. The fourth-order valence-corrected chi connectivity index (χ4v) is 4.08. The third-order valence-corrected chi connectivity index (χ3v) is 5.95. The molecule has 1 aromatic carbocycles. The molecule has 178 valence electrons. The molecule has 0 radical (unpaired) electrons. The summed E-state index contributed by atoms with van der Waals surface area (Å²) in [5, 5.41) is 12.6. The van der Waals surface area contributed by atoms with Gasteiger partial charge in [-0.25, -0.2) is 0 Å². The highest BCUT2D eigenvalue weighted by Crippen LogP contribution is 2.25. The van der Waals surface area contributed by atoms with E-state index in [1.165, 1.54) is 0 Å². The number of aromatic nitrogens is 2. The Morgan fingerprint density at radius 3 is 2.44 bits per heavy atom. The van der Waals surface area contributed by atoms with Crippen LogP contribution in [0.25, 0.3) is 0 Å². The minimum Gasteiger partial charge on any atom is -0.481 e. The van der Waals surface area contributed by atoms with Gasteiger partial charge in [-0.1, -0.05) is 48.7 Å². The van der Waals surface area contributed by atoms with Gasteiger partial charge in [0.1, 0.15) is 0 Å². The largest absolute Gasteiger partial charge is 0.481 e. The number of nitrogens with two attached hydrogens (primary N) is 1. The third-order valence-electron chi connectivity index (χ3n) is 5.71. The van der Waals surface area contributed by atoms with Crippen LogP contribution in [-0.4, -0.2) is 33.0 Å². The van der Waals surface area contributed by atoms with Crippen LogP contribution in [0.2, 0.25) is 5.02 Å². The highest BCUT2D eigenvalue weighted by Gasteiger charge is 2.31. The molecule has 7 nitrogen and oxygen atoms in total. The molecule has 1 aliphatic carbocycles. The number of amides is 1. The molecule has 0 bridgehead atoms. The lowest BCUT2D eigenvalue weighted by atomic mass is 9.84. The van der Waals surface area contributed by atoms with E-state index in [0.29, 0.717) is 23.4 Å². The Hall–Kier alpha value is -3.29. The quantitative estimate of drug-likeness (QED) is 0.480. The van der Waals surface area contributed by atoms with E-state index in [2.05, 4.69) is 15.3 Å². The number of nitrogens with one attached hydrogen (secondary N) is 1. The van der Waals surface area contributed by atoms with Gasteiger partial charge in [0.2, 0.25) is 0 Å². The van der Waals surface area contributed by atoms with Crippen LogP contribution >= 0.6 is 11.6 Å². The van der Waals surface area contributed by atoms with Crippen molar-refractivity contribution in [2.45, 2.75) is 44.2 Å². The van der Waals surface area contributed by atoms with E-state index in [1.54, 1.807) is 48.8 Å². The van der Waals surface area contributed by atoms with E-state index in [4.69, 9.17) is 22.4 Å². The highest BCUT2D eigenvalue weighted by molar-refractivity contribution is 6.30. The molecule has 1 saturated carbocycles. The summed E-state index contributed by atoms with van der Waals surface area (Å²) in [4.78, 5) is 31.5. The molecule has 0 spiro atoms. The molecule has 1 fully saturated rings. The lowest BCUT2D eigenvalue weighted by Crippen LogP contribution is -2.45. The Kier molecular flexibility index (Phi) is 9.55. The molecule has 4 rings (SSSR count). The number of carbonyl (C=O) groups excluding carboxylic acids is 1. The number of carboxylic acid groups (broad SMARTS) is 1. The molecular weight excluding hydrogens is 452 g/mol. The van der Waals surface area contributed by atoms with Gasteiger partial charge in [0.15, 0.2) is 0 Å². The molecule has 34 heavy (non-hydrogen) atoms. The zero-order chi connectivity index (χ0) is 24.3. The fraction of sp³-hybridized carbons (Fsp3) is 0.308. The van der Waals surface area contributed by atoms with E-state index in [1.807, 2.05) is 24.3 Å². The molecule has 3 atom stereocenters. The maximum absolute atomic E-state index is 12.0. The zero-order valence-corrected chi connectivity index (χ0v) is 19.6. The van der Waals surface area contributed by atoms with Crippen molar-refractivity contribution in [2.24, 2.45) is 11.7 Å². The molecule has 2 aromatic heterocycles. The number of pyridine rings is 2. The highest BCUT2D eigenvalue weighted by atomic mass is 35.5. The van der Waals surface area contributed by atoms with Crippen molar-refractivity contribution >= 4 is 23.5 Å². The Morgan fingerprint density at radius 1 is 1.03 bits per heavy atom. The molecule has 1 aliphatic rings. The zero-order valence-electron chi connectivity index (χ0n) is 18.8. The summed E-state index contributed by atoms with van der Waals surface area (Å²) in [7, 11) is 0. The maximum atomic E-state index is 12.0. The summed E-state index contributed by atoms with van der Waals surface area (Å²) in [6, 6.07) is 17.8. The van der Waals surface area contributed by atoms with E-state index < -0.39 is 11.9 Å². The van der Waals surface area contributed by atoms with Gasteiger partial charge in [-0.15, -0.1) is 0 Å².